The van der Waals surface area contributed by atoms with Crippen LogP contribution in [0.5, 0.6) is 0 Å². The Morgan fingerprint density at radius 1 is 1.29 bits per heavy atom. The van der Waals surface area contributed by atoms with Crippen LogP contribution in [0.3, 0.4) is 0 Å². The maximum absolute atomic E-state index is 5.84. The molecule has 2 aromatic rings. The maximum Gasteiger partial charge on any atom is 0.171 e. The van der Waals surface area contributed by atoms with E-state index in [1.807, 2.05) is 36.0 Å². The van der Waals surface area contributed by atoms with Gasteiger partial charge in [0.15, 0.2) is 5.82 Å². The summed E-state index contributed by atoms with van der Waals surface area (Å²) in [5, 5.41) is 7.55. The van der Waals surface area contributed by atoms with Crippen LogP contribution in [-0.4, -0.2) is 9.78 Å². The highest BCUT2D eigenvalue weighted by atomic mass is 35.5. The molecule has 0 spiro atoms. The Labute approximate surface area is 107 Å². The number of anilines is 2. The monoisotopic (exact) mass is 252 g/mol. The van der Waals surface area contributed by atoms with Crippen molar-refractivity contribution in [2.75, 3.05) is 11.1 Å². The fraction of sp³-hybridized carbons (Fsp3) is 0.250. The number of aryl methyl sites for hydroxylation is 1. The van der Waals surface area contributed by atoms with Gasteiger partial charge < -0.3 is 11.1 Å². The molecule has 0 saturated heterocycles. The number of nitrogens with zero attached hydrogens (tertiary/aromatic N) is 2. The average molecular weight is 253 g/mol. The quantitative estimate of drug-likeness (QED) is 0.879. The molecule has 0 atom stereocenters. The molecule has 3 N–H and O–H groups in total. The van der Waals surface area contributed by atoms with E-state index in [-0.39, 0.29) is 12.4 Å². The van der Waals surface area contributed by atoms with E-state index in [4.69, 9.17) is 5.73 Å². The van der Waals surface area contributed by atoms with Crippen LogP contribution in [0.15, 0.2) is 36.5 Å². The first-order chi connectivity index (χ1) is 7.79. The number of nitrogens with two attached hydrogens (primary N) is 1. The molecule has 1 aromatic carbocycles. The first-order valence-electron chi connectivity index (χ1n) is 5.40. The number of hydrogen-bond donors (Lipinski definition) is 2. The van der Waals surface area contributed by atoms with Crippen molar-refractivity contribution in [3.05, 3.63) is 42.1 Å². The zero-order chi connectivity index (χ0) is 11.4. The van der Waals surface area contributed by atoms with Gasteiger partial charge in [0.25, 0.3) is 0 Å². The second-order valence-corrected chi connectivity index (χ2v) is 3.63. The fourth-order valence-electron chi connectivity index (χ4n) is 1.52. The second kappa shape index (κ2) is 6.15. The topological polar surface area (TPSA) is 55.9 Å². The smallest absolute Gasteiger partial charge is 0.171 e. The Morgan fingerprint density at radius 3 is 2.59 bits per heavy atom. The minimum absolute atomic E-state index is 0. The van der Waals surface area contributed by atoms with E-state index in [2.05, 4.69) is 22.5 Å². The number of benzene rings is 1. The zero-order valence-electron chi connectivity index (χ0n) is 9.76. The molecule has 0 fully saturated rings. The summed E-state index contributed by atoms with van der Waals surface area (Å²) in [5.41, 5.74) is 7.74. The second-order valence-electron chi connectivity index (χ2n) is 3.63. The van der Waals surface area contributed by atoms with E-state index >= 15 is 0 Å². The maximum atomic E-state index is 5.84. The summed E-state index contributed by atoms with van der Waals surface area (Å²) in [5.74, 6) is 0.755. The molecule has 1 heterocycles. The molecule has 0 unspecified atom stereocenters. The van der Waals surface area contributed by atoms with Gasteiger partial charge in [-0.15, -0.1) is 12.4 Å². The third-order valence-electron chi connectivity index (χ3n) is 2.42. The lowest BCUT2D eigenvalue weighted by Crippen LogP contribution is -2.02. The summed E-state index contributed by atoms with van der Waals surface area (Å²) >= 11 is 0. The van der Waals surface area contributed by atoms with Crippen molar-refractivity contribution < 1.29 is 0 Å². The minimum atomic E-state index is 0. The standard InChI is InChI=1S/C12H16N4.ClH/c1-2-16-9-11(13)12(15-16)14-8-10-6-4-3-5-7-10;/h3-7,9H,2,8,13H2,1H3,(H,14,15);1H. The molecule has 0 amide bonds. The lowest BCUT2D eigenvalue weighted by molar-refractivity contribution is 0.661. The predicted octanol–water partition coefficient (Wildman–Crippen LogP) is 2.52. The Balaban J connectivity index is 0.00000144. The molecule has 5 heteroatoms. The van der Waals surface area contributed by atoms with Gasteiger partial charge in [-0.2, -0.15) is 5.10 Å². The van der Waals surface area contributed by atoms with Crippen molar-refractivity contribution in [3.8, 4) is 0 Å². The Hall–Kier alpha value is -1.68. The van der Waals surface area contributed by atoms with Crippen LogP contribution in [0, 0.1) is 0 Å². The van der Waals surface area contributed by atoms with Crippen molar-refractivity contribution in [1.29, 1.82) is 0 Å². The normalized spacial score (nSPS) is 9.71. The van der Waals surface area contributed by atoms with Crippen LogP contribution in [-0.2, 0) is 13.1 Å². The van der Waals surface area contributed by atoms with Crippen molar-refractivity contribution in [2.24, 2.45) is 0 Å². The first-order valence-corrected chi connectivity index (χ1v) is 5.40. The summed E-state index contributed by atoms with van der Waals surface area (Å²) < 4.78 is 1.82. The largest absolute Gasteiger partial charge is 0.394 e. The van der Waals surface area contributed by atoms with E-state index in [9.17, 15) is 0 Å². The first kappa shape index (κ1) is 13.4. The molecule has 0 saturated carbocycles. The Morgan fingerprint density at radius 2 is 2.00 bits per heavy atom. The number of halogens is 1. The molecular weight excluding hydrogens is 236 g/mol. The van der Waals surface area contributed by atoms with Gasteiger partial charge in [-0.05, 0) is 12.5 Å². The van der Waals surface area contributed by atoms with Crippen LogP contribution in [0.1, 0.15) is 12.5 Å². The van der Waals surface area contributed by atoms with Crippen molar-refractivity contribution >= 4 is 23.9 Å². The van der Waals surface area contributed by atoms with E-state index in [0.29, 0.717) is 5.69 Å². The summed E-state index contributed by atoms with van der Waals surface area (Å²) in [6.45, 7) is 3.61. The van der Waals surface area contributed by atoms with Crippen molar-refractivity contribution in [2.45, 2.75) is 20.0 Å². The highest BCUT2D eigenvalue weighted by Crippen LogP contribution is 2.15. The van der Waals surface area contributed by atoms with Gasteiger partial charge >= 0.3 is 0 Å². The van der Waals surface area contributed by atoms with E-state index in [0.717, 1.165) is 18.9 Å². The Bertz CT molecular complexity index is 453. The summed E-state index contributed by atoms with van der Waals surface area (Å²) in [6.07, 6.45) is 1.84. The van der Waals surface area contributed by atoms with Crippen LogP contribution in [0.4, 0.5) is 11.5 Å². The molecule has 1 aromatic heterocycles. The van der Waals surface area contributed by atoms with E-state index in [1.54, 1.807) is 0 Å². The van der Waals surface area contributed by atoms with Crippen molar-refractivity contribution in [3.63, 3.8) is 0 Å². The third-order valence-corrected chi connectivity index (χ3v) is 2.42. The number of rotatable bonds is 4. The van der Waals surface area contributed by atoms with Crippen LogP contribution >= 0.6 is 12.4 Å². The van der Waals surface area contributed by atoms with Gasteiger partial charge in [0.2, 0.25) is 0 Å². The molecular formula is C12H17ClN4. The lowest BCUT2D eigenvalue weighted by Gasteiger charge is -2.03. The molecule has 92 valence electrons. The van der Waals surface area contributed by atoms with E-state index in [1.165, 1.54) is 5.56 Å². The van der Waals surface area contributed by atoms with Gasteiger partial charge in [0.1, 0.15) is 0 Å². The van der Waals surface area contributed by atoms with Gasteiger partial charge in [0.05, 0.1) is 11.9 Å². The minimum Gasteiger partial charge on any atom is -0.394 e. The Kier molecular flexibility index (Phi) is 4.84. The zero-order valence-corrected chi connectivity index (χ0v) is 10.6. The molecule has 0 aliphatic heterocycles. The summed E-state index contributed by atoms with van der Waals surface area (Å²) in [4.78, 5) is 0. The van der Waals surface area contributed by atoms with Gasteiger partial charge in [-0.1, -0.05) is 30.3 Å². The fourth-order valence-corrected chi connectivity index (χ4v) is 1.52. The van der Waals surface area contributed by atoms with Gasteiger partial charge in [0, 0.05) is 13.1 Å². The lowest BCUT2D eigenvalue weighted by atomic mass is 10.2. The number of hydrogen-bond acceptors (Lipinski definition) is 3. The third kappa shape index (κ3) is 3.39. The highest BCUT2D eigenvalue weighted by Gasteiger charge is 2.03. The van der Waals surface area contributed by atoms with Gasteiger partial charge in [-0.3, -0.25) is 4.68 Å². The van der Waals surface area contributed by atoms with Crippen LogP contribution in [0.2, 0.25) is 0 Å². The number of nitrogens with one attached hydrogen (secondary N) is 1. The molecule has 0 aliphatic rings. The molecule has 0 radical (unpaired) electrons. The molecule has 17 heavy (non-hydrogen) atoms. The van der Waals surface area contributed by atoms with Gasteiger partial charge in [-0.25, -0.2) is 0 Å². The highest BCUT2D eigenvalue weighted by molar-refractivity contribution is 5.85. The SMILES string of the molecule is CCn1cc(N)c(NCc2ccccc2)n1.Cl. The predicted molar refractivity (Wildman–Crippen MR) is 73.3 cm³/mol. The van der Waals surface area contributed by atoms with Crippen LogP contribution in [0.25, 0.3) is 0 Å². The average Bonchev–Trinajstić information content (AvgIpc) is 2.69. The molecule has 0 bridgehead atoms. The van der Waals surface area contributed by atoms with Crippen molar-refractivity contribution in [1.82, 2.24) is 9.78 Å². The van der Waals surface area contributed by atoms with E-state index < -0.39 is 0 Å². The summed E-state index contributed by atoms with van der Waals surface area (Å²) in [7, 11) is 0. The molecule has 0 aliphatic carbocycles. The summed E-state index contributed by atoms with van der Waals surface area (Å²) in [6, 6.07) is 10.2. The number of aromatic nitrogens is 2. The number of nitrogen functional groups attached to an aromatic ring is 1. The molecule has 2 rings (SSSR count). The molecule has 4 nitrogen and oxygen atoms in total. The van der Waals surface area contributed by atoms with Crippen LogP contribution < -0.4 is 11.1 Å².